The molecule has 3 aromatic rings. The molecule has 0 aliphatic carbocycles. The van der Waals surface area contributed by atoms with Gasteiger partial charge in [0.05, 0.1) is 22.9 Å². The largest absolute Gasteiger partial charge is 0.478 e. The molecule has 3 rings (SSSR count). The first-order valence-electron chi connectivity index (χ1n) is 6.38. The molecule has 0 saturated carbocycles. The van der Waals surface area contributed by atoms with Gasteiger partial charge in [-0.25, -0.2) is 9.78 Å². The number of nitrogens with zero attached hydrogens (tertiary/aromatic N) is 2. The summed E-state index contributed by atoms with van der Waals surface area (Å²) in [4.78, 5) is 15.3. The van der Waals surface area contributed by atoms with Crippen molar-refractivity contribution in [1.82, 2.24) is 9.55 Å². The van der Waals surface area contributed by atoms with E-state index in [0.29, 0.717) is 12.1 Å². The molecule has 0 aliphatic rings. The molecule has 0 aliphatic heterocycles. The van der Waals surface area contributed by atoms with Gasteiger partial charge in [0.1, 0.15) is 0 Å². The summed E-state index contributed by atoms with van der Waals surface area (Å²) in [6, 6.07) is 13.2. The molecule has 0 fully saturated rings. The van der Waals surface area contributed by atoms with Crippen LogP contribution in [-0.4, -0.2) is 20.6 Å². The second-order valence-corrected chi connectivity index (χ2v) is 4.81. The summed E-state index contributed by atoms with van der Waals surface area (Å²) < 4.78 is 2.07. The van der Waals surface area contributed by atoms with E-state index in [0.717, 1.165) is 22.2 Å². The predicted octanol–water partition coefficient (Wildman–Crippen LogP) is 3.09. The molecule has 1 aromatic heterocycles. The van der Waals surface area contributed by atoms with Gasteiger partial charge in [-0.05, 0) is 42.3 Å². The van der Waals surface area contributed by atoms with Crippen molar-refractivity contribution in [2.24, 2.45) is 0 Å². The van der Waals surface area contributed by atoms with Crippen molar-refractivity contribution in [2.75, 3.05) is 0 Å². The van der Waals surface area contributed by atoms with E-state index in [1.54, 1.807) is 12.1 Å². The topological polar surface area (TPSA) is 55.1 Å². The van der Waals surface area contributed by atoms with Crippen LogP contribution in [0.5, 0.6) is 0 Å². The van der Waals surface area contributed by atoms with Gasteiger partial charge < -0.3 is 9.67 Å². The van der Waals surface area contributed by atoms with Crippen molar-refractivity contribution in [2.45, 2.75) is 13.5 Å². The van der Waals surface area contributed by atoms with Gasteiger partial charge in [0.2, 0.25) is 0 Å². The number of carbonyl (C=O) groups is 1. The molecule has 0 radical (unpaired) electrons. The maximum absolute atomic E-state index is 10.9. The smallest absolute Gasteiger partial charge is 0.335 e. The number of benzene rings is 2. The third-order valence-electron chi connectivity index (χ3n) is 3.46. The zero-order valence-electron chi connectivity index (χ0n) is 11.1. The van der Waals surface area contributed by atoms with Gasteiger partial charge in [0, 0.05) is 6.54 Å². The highest BCUT2D eigenvalue weighted by Crippen LogP contribution is 2.17. The second-order valence-electron chi connectivity index (χ2n) is 4.81. The average molecular weight is 266 g/mol. The van der Waals surface area contributed by atoms with Crippen LogP contribution in [0.25, 0.3) is 11.0 Å². The first-order valence-corrected chi connectivity index (χ1v) is 6.38. The van der Waals surface area contributed by atoms with Crippen molar-refractivity contribution >= 4 is 17.0 Å². The van der Waals surface area contributed by atoms with Crippen LogP contribution in [0.15, 0.2) is 48.8 Å². The molecule has 100 valence electrons. The van der Waals surface area contributed by atoms with Gasteiger partial charge in [-0.1, -0.05) is 18.2 Å². The lowest BCUT2D eigenvalue weighted by atomic mass is 10.1. The number of aromatic carboxylic acids is 1. The summed E-state index contributed by atoms with van der Waals surface area (Å²) in [6.07, 6.45) is 1.81. The molecule has 0 saturated heterocycles. The third-order valence-corrected chi connectivity index (χ3v) is 3.46. The molecule has 0 spiro atoms. The van der Waals surface area contributed by atoms with E-state index >= 15 is 0 Å². The van der Waals surface area contributed by atoms with E-state index < -0.39 is 5.97 Å². The predicted molar refractivity (Wildman–Crippen MR) is 77.0 cm³/mol. The fraction of sp³-hybridized carbons (Fsp3) is 0.125. The maximum Gasteiger partial charge on any atom is 0.335 e. The van der Waals surface area contributed by atoms with E-state index in [-0.39, 0.29) is 0 Å². The summed E-state index contributed by atoms with van der Waals surface area (Å²) >= 11 is 0. The molecule has 1 N–H and O–H groups in total. The quantitative estimate of drug-likeness (QED) is 0.792. The fourth-order valence-corrected chi connectivity index (χ4v) is 2.33. The Balaban J connectivity index is 1.97. The van der Waals surface area contributed by atoms with Gasteiger partial charge in [-0.2, -0.15) is 0 Å². The SMILES string of the molecule is Cc1cc(C(=O)O)ccc1Cn1cnc2ccccc21. The number of aromatic nitrogens is 2. The lowest BCUT2D eigenvalue weighted by molar-refractivity contribution is 0.0697. The number of hydrogen-bond donors (Lipinski definition) is 1. The van der Waals surface area contributed by atoms with Crippen LogP contribution < -0.4 is 0 Å². The Morgan fingerprint density at radius 1 is 1.25 bits per heavy atom. The van der Waals surface area contributed by atoms with E-state index in [4.69, 9.17) is 5.11 Å². The van der Waals surface area contributed by atoms with E-state index in [2.05, 4.69) is 9.55 Å². The Labute approximate surface area is 116 Å². The number of imidazole rings is 1. The van der Waals surface area contributed by atoms with Crippen molar-refractivity contribution in [1.29, 1.82) is 0 Å². The highest BCUT2D eigenvalue weighted by atomic mass is 16.4. The highest BCUT2D eigenvalue weighted by molar-refractivity contribution is 5.87. The summed E-state index contributed by atoms with van der Waals surface area (Å²) in [5.74, 6) is -0.896. The number of rotatable bonds is 3. The number of carboxylic acids is 1. The van der Waals surface area contributed by atoms with Crippen LogP contribution in [-0.2, 0) is 6.54 Å². The van der Waals surface area contributed by atoms with E-state index in [9.17, 15) is 4.79 Å². The lowest BCUT2D eigenvalue weighted by Gasteiger charge is -2.08. The highest BCUT2D eigenvalue weighted by Gasteiger charge is 2.07. The van der Waals surface area contributed by atoms with Crippen molar-refractivity contribution < 1.29 is 9.90 Å². The molecule has 1 heterocycles. The summed E-state index contributed by atoms with van der Waals surface area (Å²) in [6.45, 7) is 2.62. The molecule has 4 heteroatoms. The molecule has 0 atom stereocenters. The molecule has 4 nitrogen and oxygen atoms in total. The second kappa shape index (κ2) is 4.81. The lowest BCUT2D eigenvalue weighted by Crippen LogP contribution is -2.03. The third kappa shape index (κ3) is 2.16. The molecule has 0 amide bonds. The van der Waals surface area contributed by atoms with Gasteiger partial charge in [0.25, 0.3) is 0 Å². The first kappa shape index (κ1) is 12.4. The fourth-order valence-electron chi connectivity index (χ4n) is 2.33. The molecule has 0 bridgehead atoms. The van der Waals surface area contributed by atoms with Crippen LogP contribution in [0, 0.1) is 6.92 Å². The Morgan fingerprint density at radius 3 is 2.80 bits per heavy atom. The van der Waals surface area contributed by atoms with Crippen LogP contribution in [0.2, 0.25) is 0 Å². The van der Waals surface area contributed by atoms with Gasteiger partial charge in [-0.15, -0.1) is 0 Å². The van der Waals surface area contributed by atoms with Crippen LogP contribution in [0.1, 0.15) is 21.5 Å². The Morgan fingerprint density at radius 2 is 2.05 bits per heavy atom. The van der Waals surface area contributed by atoms with Crippen LogP contribution in [0.3, 0.4) is 0 Å². The molecule has 20 heavy (non-hydrogen) atoms. The monoisotopic (exact) mass is 266 g/mol. The van der Waals surface area contributed by atoms with Crippen LogP contribution >= 0.6 is 0 Å². The van der Waals surface area contributed by atoms with E-state index in [1.807, 2.05) is 43.6 Å². The Bertz CT molecular complexity index is 790. The number of fused-ring (bicyclic) bond motifs is 1. The first-order chi connectivity index (χ1) is 9.65. The zero-order valence-corrected chi connectivity index (χ0v) is 11.1. The minimum Gasteiger partial charge on any atom is -0.478 e. The summed E-state index contributed by atoms with van der Waals surface area (Å²) in [5.41, 5.74) is 4.43. The number of hydrogen-bond acceptors (Lipinski definition) is 2. The standard InChI is InChI=1S/C16H14N2O2/c1-11-8-12(16(19)20)6-7-13(11)9-18-10-17-14-4-2-3-5-15(14)18/h2-8,10H,9H2,1H3,(H,19,20). The van der Waals surface area contributed by atoms with Crippen molar-refractivity contribution in [3.05, 3.63) is 65.5 Å². The minimum absolute atomic E-state index is 0.321. The molecule has 0 unspecified atom stereocenters. The van der Waals surface area contributed by atoms with E-state index in [1.165, 1.54) is 0 Å². The minimum atomic E-state index is -0.896. The Hall–Kier alpha value is -2.62. The van der Waals surface area contributed by atoms with Crippen LogP contribution in [0.4, 0.5) is 0 Å². The maximum atomic E-state index is 10.9. The number of para-hydroxylation sites is 2. The average Bonchev–Trinajstić information content (AvgIpc) is 2.84. The van der Waals surface area contributed by atoms with Crippen molar-refractivity contribution in [3.8, 4) is 0 Å². The van der Waals surface area contributed by atoms with Gasteiger partial charge >= 0.3 is 5.97 Å². The number of aryl methyl sites for hydroxylation is 1. The van der Waals surface area contributed by atoms with Crippen molar-refractivity contribution in [3.63, 3.8) is 0 Å². The van der Waals surface area contributed by atoms with Gasteiger partial charge in [0.15, 0.2) is 0 Å². The number of carboxylic acid groups (broad SMARTS) is 1. The van der Waals surface area contributed by atoms with Gasteiger partial charge in [-0.3, -0.25) is 0 Å². The zero-order chi connectivity index (χ0) is 14.1. The molecule has 2 aromatic carbocycles. The normalized spacial score (nSPS) is 10.8. The Kier molecular flexibility index (Phi) is 2.99. The molecular formula is C16H14N2O2. The summed E-state index contributed by atoms with van der Waals surface area (Å²) in [5, 5.41) is 8.98. The summed E-state index contributed by atoms with van der Waals surface area (Å²) in [7, 11) is 0. The molecular weight excluding hydrogens is 252 g/mol.